The molecule has 50 valence electrons. The van der Waals surface area contributed by atoms with E-state index in [2.05, 4.69) is 25.1 Å². The Morgan fingerprint density at radius 1 is 1.30 bits per heavy atom. The lowest BCUT2D eigenvalue weighted by Gasteiger charge is -1.85. The smallest absolute Gasteiger partial charge is 0.203 e. The SMILES string of the molecule is c1onnc1-n1cnnc1. The van der Waals surface area contributed by atoms with Gasteiger partial charge in [-0.15, -0.1) is 10.2 Å². The fourth-order valence-corrected chi connectivity index (χ4v) is 0.591. The van der Waals surface area contributed by atoms with Crippen LogP contribution in [-0.4, -0.2) is 25.1 Å². The van der Waals surface area contributed by atoms with Crippen LogP contribution < -0.4 is 0 Å². The van der Waals surface area contributed by atoms with Gasteiger partial charge in [-0.1, -0.05) is 5.10 Å². The molecule has 0 unspecified atom stereocenters. The molecule has 2 aromatic heterocycles. The van der Waals surface area contributed by atoms with Gasteiger partial charge in [-0.25, -0.2) is 0 Å². The molecule has 0 amide bonds. The molecule has 0 fully saturated rings. The third-order valence-electron chi connectivity index (χ3n) is 1.03. The molecule has 0 spiro atoms. The van der Waals surface area contributed by atoms with E-state index in [0.717, 1.165) is 0 Å². The normalized spacial score (nSPS) is 10.0. The lowest BCUT2D eigenvalue weighted by molar-refractivity contribution is 0.393. The summed E-state index contributed by atoms with van der Waals surface area (Å²) in [5, 5.41) is 14.1. The maximum atomic E-state index is 4.50. The van der Waals surface area contributed by atoms with Gasteiger partial charge < -0.3 is 4.52 Å². The van der Waals surface area contributed by atoms with Crippen LogP contribution in [-0.2, 0) is 0 Å². The lowest BCUT2D eigenvalue weighted by atomic mass is 10.7. The van der Waals surface area contributed by atoms with Gasteiger partial charge in [0, 0.05) is 5.27 Å². The summed E-state index contributed by atoms with van der Waals surface area (Å²) in [6.45, 7) is 0. The van der Waals surface area contributed by atoms with E-state index in [0.29, 0.717) is 5.82 Å². The predicted octanol–water partition coefficient (Wildman–Crippen LogP) is -0.350. The number of aromatic nitrogens is 5. The van der Waals surface area contributed by atoms with Crippen molar-refractivity contribution >= 4 is 0 Å². The van der Waals surface area contributed by atoms with Crippen LogP contribution in [0.5, 0.6) is 0 Å². The van der Waals surface area contributed by atoms with Gasteiger partial charge >= 0.3 is 0 Å². The largest absolute Gasteiger partial charge is 0.343 e. The molecule has 2 rings (SSSR count). The average Bonchev–Trinajstić information content (AvgIpc) is 2.59. The van der Waals surface area contributed by atoms with Crippen molar-refractivity contribution < 1.29 is 4.52 Å². The first kappa shape index (κ1) is 5.10. The molecular weight excluding hydrogens is 134 g/mol. The molecular formula is C4H3N5O. The summed E-state index contributed by atoms with van der Waals surface area (Å²) in [5.74, 6) is 0.574. The molecule has 2 heterocycles. The molecule has 0 saturated carbocycles. The van der Waals surface area contributed by atoms with E-state index in [-0.39, 0.29) is 0 Å². The molecule has 6 heteroatoms. The Morgan fingerprint density at radius 2 is 2.10 bits per heavy atom. The fourth-order valence-electron chi connectivity index (χ4n) is 0.591. The number of nitrogens with zero attached hydrogens (tertiary/aromatic N) is 5. The Hall–Kier alpha value is -1.72. The zero-order valence-corrected chi connectivity index (χ0v) is 4.88. The van der Waals surface area contributed by atoms with E-state index >= 15 is 0 Å². The Bertz CT molecular complexity index is 253. The first-order valence-corrected chi connectivity index (χ1v) is 2.59. The topological polar surface area (TPSA) is 69.6 Å². The summed E-state index contributed by atoms with van der Waals surface area (Å²) in [7, 11) is 0. The van der Waals surface area contributed by atoms with Crippen LogP contribution in [0.15, 0.2) is 23.4 Å². The quantitative estimate of drug-likeness (QED) is 0.537. The van der Waals surface area contributed by atoms with E-state index in [4.69, 9.17) is 0 Å². The van der Waals surface area contributed by atoms with E-state index in [1.165, 1.54) is 18.9 Å². The molecule has 6 nitrogen and oxygen atoms in total. The second-order valence-corrected chi connectivity index (χ2v) is 1.63. The molecule has 0 aliphatic carbocycles. The van der Waals surface area contributed by atoms with Crippen molar-refractivity contribution in [2.45, 2.75) is 0 Å². The van der Waals surface area contributed by atoms with Crippen molar-refractivity contribution in [3.63, 3.8) is 0 Å². The van der Waals surface area contributed by atoms with Crippen molar-refractivity contribution in [1.29, 1.82) is 0 Å². The van der Waals surface area contributed by atoms with Crippen molar-refractivity contribution in [2.24, 2.45) is 0 Å². The number of hydrogen-bond donors (Lipinski definition) is 0. The summed E-state index contributed by atoms with van der Waals surface area (Å²) in [6.07, 6.45) is 4.43. The van der Waals surface area contributed by atoms with Gasteiger partial charge in [0.15, 0.2) is 6.26 Å². The van der Waals surface area contributed by atoms with Crippen LogP contribution in [0.1, 0.15) is 0 Å². The van der Waals surface area contributed by atoms with Gasteiger partial charge in [0.2, 0.25) is 5.82 Å². The van der Waals surface area contributed by atoms with Crippen LogP contribution in [0, 0.1) is 0 Å². The Balaban J connectivity index is 2.48. The monoisotopic (exact) mass is 137 g/mol. The minimum absolute atomic E-state index is 0.574. The van der Waals surface area contributed by atoms with Crippen LogP contribution in [0.25, 0.3) is 5.82 Å². The van der Waals surface area contributed by atoms with Crippen molar-refractivity contribution in [3.8, 4) is 5.82 Å². The minimum Gasteiger partial charge on any atom is -0.343 e. The van der Waals surface area contributed by atoms with Crippen LogP contribution >= 0.6 is 0 Å². The molecule has 0 atom stereocenters. The van der Waals surface area contributed by atoms with Crippen LogP contribution in [0.4, 0.5) is 0 Å². The standard InChI is InChI=1S/C4H3N5O/c1-4(7-8-10-1)9-2-5-6-3-9/h1-3H. The third-order valence-corrected chi connectivity index (χ3v) is 1.03. The predicted molar refractivity (Wildman–Crippen MR) is 29.2 cm³/mol. The summed E-state index contributed by atoms with van der Waals surface area (Å²) >= 11 is 0. The molecule has 0 radical (unpaired) electrons. The molecule has 0 aliphatic heterocycles. The average molecular weight is 137 g/mol. The summed E-state index contributed by atoms with van der Waals surface area (Å²) in [6, 6.07) is 0. The maximum Gasteiger partial charge on any atom is 0.203 e. The van der Waals surface area contributed by atoms with Crippen LogP contribution in [0.3, 0.4) is 0 Å². The van der Waals surface area contributed by atoms with Gasteiger partial charge in [0.05, 0.1) is 0 Å². The van der Waals surface area contributed by atoms with Crippen molar-refractivity contribution in [2.75, 3.05) is 0 Å². The highest BCUT2D eigenvalue weighted by molar-refractivity contribution is 5.11. The Morgan fingerprint density at radius 3 is 2.70 bits per heavy atom. The van der Waals surface area contributed by atoms with Gasteiger partial charge in [0.25, 0.3) is 0 Å². The minimum atomic E-state index is 0.574. The first-order chi connectivity index (χ1) is 4.97. The molecule has 0 N–H and O–H groups in total. The molecule has 0 saturated heterocycles. The van der Waals surface area contributed by atoms with Crippen LogP contribution in [0.2, 0.25) is 0 Å². The number of hydrogen-bond acceptors (Lipinski definition) is 5. The van der Waals surface area contributed by atoms with E-state index in [1.54, 1.807) is 4.57 Å². The third kappa shape index (κ3) is 0.661. The lowest BCUT2D eigenvalue weighted by Crippen LogP contribution is -1.88. The Kier molecular flexibility index (Phi) is 0.970. The second-order valence-electron chi connectivity index (χ2n) is 1.63. The highest BCUT2D eigenvalue weighted by Crippen LogP contribution is 1.97. The Labute approximate surface area is 55.5 Å². The highest BCUT2D eigenvalue weighted by Gasteiger charge is 1.97. The van der Waals surface area contributed by atoms with E-state index < -0.39 is 0 Å². The molecule has 0 aromatic carbocycles. The molecule has 0 bridgehead atoms. The van der Waals surface area contributed by atoms with Gasteiger partial charge in [-0.3, -0.25) is 4.57 Å². The summed E-state index contributed by atoms with van der Waals surface area (Å²) < 4.78 is 6.09. The maximum absolute atomic E-state index is 4.50. The van der Waals surface area contributed by atoms with Crippen molar-refractivity contribution in [3.05, 3.63) is 18.9 Å². The fraction of sp³-hybridized carbons (Fsp3) is 0. The molecule has 2 aromatic rings. The molecule has 10 heavy (non-hydrogen) atoms. The van der Waals surface area contributed by atoms with Gasteiger partial charge in [-0.05, 0) is 0 Å². The van der Waals surface area contributed by atoms with Gasteiger partial charge in [-0.2, -0.15) is 0 Å². The summed E-state index contributed by atoms with van der Waals surface area (Å²) in [5.41, 5.74) is 0. The molecule has 0 aliphatic rings. The van der Waals surface area contributed by atoms with Gasteiger partial charge in [0.1, 0.15) is 12.7 Å². The van der Waals surface area contributed by atoms with E-state index in [1.807, 2.05) is 0 Å². The zero-order valence-electron chi connectivity index (χ0n) is 4.88. The number of rotatable bonds is 1. The van der Waals surface area contributed by atoms with E-state index in [9.17, 15) is 0 Å². The zero-order chi connectivity index (χ0) is 6.81. The highest BCUT2D eigenvalue weighted by atomic mass is 16.5. The second kappa shape index (κ2) is 1.90. The summed E-state index contributed by atoms with van der Waals surface area (Å²) in [4.78, 5) is 0. The van der Waals surface area contributed by atoms with Crippen molar-refractivity contribution in [1.82, 2.24) is 25.1 Å². The first-order valence-electron chi connectivity index (χ1n) is 2.59.